The van der Waals surface area contributed by atoms with E-state index in [9.17, 15) is 9.59 Å². The van der Waals surface area contributed by atoms with Crippen LogP contribution in [0.3, 0.4) is 0 Å². The van der Waals surface area contributed by atoms with Crippen molar-refractivity contribution in [3.8, 4) is 11.5 Å². The maximum absolute atomic E-state index is 12.8. The number of anilines is 1. The van der Waals surface area contributed by atoms with Crippen molar-refractivity contribution in [3.05, 3.63) is 53.1 Å². The lowest BCUT2D eigenvalue weighted by Gasteiger charge is -2.35. The summed E-state index contributed by atoms with van der Waals surface area (Å²) in [6.45, 7) is 8.67. The molecule has 0 aromatic heterocycles. The Morgan fingerprint density at radius 3 is 2.42 bits per heavy atom. The van der Waals surface area contributed by atoms with Gasteiger partial charge in [0.2, 0.25) is 5.91 Å². The molecule has 3 rings (SSSR count). The highest BCUT2D eigenvalue weighted by Crippen LogP contribution is 2.29. The van der Waals surface area contributed by atoms with E-state index in [2.05, 4.69) is 15.5 Å². The predicted molar refractivity (Wildman–Crippen MR) is 129 cm³/mol. The first-order chi connectivity index (χ1) is 15.8. The summed E-state index contributed by atoms with van der Waals surface area (Å²) in [6, 6.07) is 11.0. The fourth-order valence-corrected chi connectivity index (χ4v) is 3.92. The highest BCUT2D eigenvalue weighted by Gasteiger charge is 2.24. The molecule has 0 saturated carbocycles. The summed E-state index contributed by atoms with van der Waals surface area (Å²) in [7, 11) is 3.21. The maximum atomic E-state index is 12.8. The van der Waals surface area contributed by atoms with Gasteiger partial charge in [0.1, 0.15) is 11.5 Å². The van der Waals surface area contributed by atoms with E-state index < -0.39 is 0 Å². The molecule has 0 unspecified atom stereocenters. The second-order valence-electron chi connectivity index (χ2n) is 8.34. The monoisotopic (exact) mass is 454 g/mol. The summed E-state index contributed by atoms with van der Waals surface area (Å²) in [4.78, 5) is 29.2. The highest BCUT2D eigenvalue weighted by molar-refractivity contribution is 5.93. The molecule has 2 aromatic rings. The largest absolute Gasteiger partial charge is 0.497 e. The Morgan fingerprint density at radius 1 is 1.03 bits per heavy atom. The Morgan fingerprint density at radius 2 is 1.76 bits per heavy atom. The summed E-state index contributed by atoms with van der Waals surface area (Å²) in [5.41, 5.74) is 3.93. The van der Waals surface area contributed by atoms with Crippen molar-refractivity contribution in [3.63, 3.8) is 0 Å². The number of nitrogens with zero attached hydrogens (tertiary/aromatic N) is 2. The molecule has 1 saturated heterocycles. The number of hydrogen-bond donors (Lipinski definition) is 2. The summed E-state index contributed by atoms with van der Waals surface area (Å²) >= 11 is 0. The number of methoxy groups -OCH3 is 2. The van der Waals surface area contributed by atoms with Crippen molar-refractivity contribution in [2.45, 2.75) is 26.8 Å². The zero-order valence-electron chi connectivity index (χ0n) is 20.1. The molecular weight excluding hydrogens is 420 g/mol. The topological polar surface area (TPSA) is 83.1 Å². The Bertz CT molecular complexity index is 986. The van der Waals surface area contributed by atoms with Crippen LogP contribution in [-0.4, -0.2) is 68.7 Å². The number of ether oxygens (including phenoxy) is 2. The van der Waals surface area contributed by atoms with Gasteiger partial charge in [-0.2, -0.15) is 0 Å². The van der Waals surface area contributed by atoms with Crippen LogP contribution < -0.4 is 20.1 Å². The van der Waals surface area contributed by atoms with E-state index >= 15 is 0 Å². The van der Waals surface area contributed by atoms with E-state index in [1.54, 1.807) is 19.1 Å². The van der Waals surface area contributed by atoms with Gasteiger partial charge in [0.25, 0.3) is 0 Å². The molecule has 3 amide bonds. The van der Waals surface area contributed by atoms with E-state index in [1.165, 1.54) is 0 Å². The lowest BCUT2D eigenvalue weighted by atomic mass is 10.1. The first-order valence-corrected chi connectivity index (χ1v) is 11.2. The van der Waals surface area contributed by atoms with Crippen molar-refractivity contribution < 1.29 is 19.1 Å². The number of benzene rings is 2. The number of aryl methyl sites for hydroxylation is 1. The number of urea groups is 1. The molecule has 0 bridgehead atoms. The van der Waals surface area contributed by atoms with E-state index in [0.717, 1.165) is 22.4 Å². The van der Waals surface area contributed by atoms with Gasteiger partial charge in [0.05, 0.1) is 26.8 Å². The second-order valence-corrected chi connectivity index (χ2v) is 8.34. The van der Waals surface area contributed by atoms with Crippen molar-refractivity contribution in [1.82, 2.24) is 15.1 Å². The summed E-state index contributed by atoms with van der Waals surface area (Å²) in [5.74, 6) is 1.36. The Kier molecular flexibility index (Phi) is 8.16. The number of hydrogen-bond acceptors (Lipinski definition) is 5. The normalized spacial score (nSPS) is 15.0. The SMILES string of the molecule is COc1ccc(OC)c([C@H](C)NC(=O)N2CCN(CC(=O)Nc3cccc(C)c3C)CC2)c1. The lowest BCUT2D eigenvalue weighted by Crippen LogP contribution is -2.53. The van der Waals surface area contributed by atoms with Crippen molar-refractivity contribution in [2.24, 2.45) is 0 Å². The number of carbonyl (C=O) groups is 2. The Hall–Kier alpha value is -3.26. The molecule has 0 radical (unpaired) electrons. The van der Waals surface area contributed by atoms with Gasteiger partial charge in [0.15, 0.2) is 0 Å². The van der Waals surface area contributed by atoms with E-state index in [4.69, 9.17) is 9.47 Å². The van der Waals surface area contributed by atoms with Crippen LogP contribution in [0.1, 0.15) is 29.7 Å². The van der Waals surface area contributed by atoms with Crippen LogP contribution in [0.4, 0.5) is 10.5 Å². The molecule has 1 heterocycles. The van der Waals surface area contributed by atoms with E-state index in [-0.39, 0.29) is 18.0 Å². The van der Waals surface area contributed by atoms with Crippen molar-refractivity contribution in [2.75, 3.05) is 52.3 Å². The first-order valence-electron chi connectivity index (χ1n) is 11.2. The molecular formula is C25H34N4O4. The quantitative estimate of drug-likeness (QED) is 0.671. The van der Waals surface area contributed by atoms with Gasteiger partial charge in [-0.15, -0.1) is 0 Å². The van der Waals surface area contributed by atoms with Crippen molar-refractivity contribution >= 4 is 17.6 Å². The molecule has 2 N–H and O–H groups in total. The minimum absolute atomic E-state index is 0.0413. The summed E-state index contributed by atoms with van der Waals surface area (Å²) in [5, 5.41) is 6.05. The molecule has 33 heavy (non-hydrogen) atoms. The van der Waals surface area contributed by atoms with Gasteiger partial charge in [0, 0.05) is 37.4 Å². The van der Waals surface area contributed by atoms with Crippen LogP contribution in [0.15, 0.2) is 36.4 Å². The number of rotatable bonds is 7. The molecule has 1 aliphatic rings. The minimum Gasteiger partial charge on any atom is -0.497 e. The van der Waals surface area contributed by atoms with Crippen LogP contribution in [0, 0.1) is 13.8 Å². The number of nitrogens with one attached hydrogen (secondary N) is 2. The predicted octanol–water partition coefficient (Wildman–Crippen LogP) is 3.35. The zero-order valence-corrected chi connectivity index (χ0v) is 20.1. The smallest absolute Gasteiger partial charge is 0.317 e. The molecule has 2 aromatic carbocycles. The molecule has 8 heteroatoms. The minimum atomic E-state index is -0.246. The standard InChI is InChI=1S/C25H34N4O4/c1-17-7-6-8-22(18(17)2)27-24(30)16-28-11-13-29(14-12-28)25(31)26-19(3)21-15-20(32-4)9-10-23(21)33-5/h6-10,15,19H,11-14,16H2,1-5H3,(H,26,31)(H,27,30)/t19-/m0/s1. The fraction of sp³-hybridized carbons (Fsp3) is 0.440. The third-order valence-corrected chi connectivity index (χ3v) is 6.15. The van der Waals surface area contributed by atoms with Gasteiger partial charge in [-0.05, 0) is 56.2 Å². The fourth-order valence-electron chi connectivity index (χ4n) is 3.92. The van der Waals surface area contributed by atoms with Crippen LogP contribution in [0.2, 0.25) is 0 Å². The Balaban J connectivity index is 1.50. The maximum Gasteiger partial charge on any atom is 0.317 e. The third-order valence-electron chi connectivity index (χ3n) is 6.15. The zero-order chi connectivity index (χ0) is 24.0. The molecule has 8 nitrogen and oxygen atoms in total. The average Bonchev–Trinajstić information content (AvgIpc) is 2.81. The lowest BCUT2D eigenvalue weighted by molar-refractivity contribution is -0.117. The van der Waals surface area contributed by atoms with Crippen molar-refractivity contribution in [1.29, 1.82) is 0 Å². The number of piperazine rings is 1. The van der Waals surface area contributed by atoms with Crippen LogP contribution >= 0.6 is 0 Å². The molecule has 178 valence electrons. The van der Waals surface area contributed by atoms with Gasteiger partial charge in [-0.25, -0.2) is 4.79 Å². The third kappa shape index (κ3) is 6.16. The summed E-state index contributed by atoms with van der Waals surface area (Å²) in [6.07, 6.45) is 0. The first kappa shape index (κ1) is 24.4. The number of amides is 3. The second kappa shape index (κ2) is 11.0. The van der Waals surface area contributed by atoms with E-state index in [0.29, 0.717) is 44.2 Å². The van der Waals surface area contributed by atoms with Crippen LogP contribution in [-0.2, 0) is 4.79 Å². The molecule has 0 spiro atoms. The molecule has 1 atom stereocenters. The van der Waals surface area contributed by atoms with Crippen LogP contribution in [0.25, 0.3) is 0 Å². The number of carbonyl (C=O) groups excluding carboxylic acids is 2. The van der Waals surface area contributed by atoms with Crippen LogP contribution in [0.5, 0.6) is 11.5 Å². The van der Waals surface area contributed by atoms with Gasteiger partial charge in [-0.1, -0.05) is 12.1 Å². The van der Waals surface area contributed by atoms with Gasteiger partial charge < -0.3 is 25.0 Å². The van der Waals surface area contributed by atoms with Gasteiger partial charge in [-0.3, -0.25) is 9.69 Å². The highest BCUT2D eigenvalue weighted by atomic mass is 16.5. The average molecular weight is 455 g/mol. The molecule has 0 aliphatic carbocycles. The molecule has 1 fully saturated rings. The Labute approximate surface area is 195 Å². The molecule has 1 aliphatic heterocycles. The summed E-state index contributed by atoms with van der Waals surface area (Å²) < 4.78 is 10.7. The van der Waals surface area contributed by atoms with Gasteiger partial charge >= 0.3 is 6.03 Å². The van der Waals surface area contributed by atoms with E-state index in [1.807, 2.05) is 57.2 Å².